The van der Waals surface area contributed by atoms with Crippen molar-refractivity contribution in [1.29, 1.82) is 0 Å². The number of fused-ring (bicyclic) bond motifs is 1. The minimum absolute atomic E-state index is 0.211. The molecule has 0 aliphatic heterocycles. The highest BCUT2D eigenvalue weighted by Gasteiger charge is 2.20. The minimum Gasteiger partial charge on any atom is -0.452 e. The van der Waals surface area contributed by atoms with Gasteiger partial charge >= 0.3 is 5.97 Å². The molecule has 0 atom stereocenters. The first-order chi connectivity index (χ1) is 13.2. The summed E-state index contributed by atoms with van der Waals surface area (Å²) in [4.78, 5) is 30.4. The smallest absolute Gasteiger partial charge is 0.339 e. The predicted molar refractivity (Wildman–Crippen MR) is 106 cm³/mol. The second kappa shape index (κ2) is 7.88. The lowest BCUT2D eigenvalue weighted by Crippen LogP contribution is -2.35. The van der Waals surface area contributed by atoms with Crippen molar-refractivity contribution < 1.29 is 14.3 Å². The molecule has 4 rings (SSSR count). The number of thiophene rings is 1. The summed E-state index contributed by atoms with van der Waals surface area (Å²) in [5.41, 5.74) is 1.88. The normalized spacial score (nSPS) is 14.4. The van der Waals surface area contributed by atoms with E-state index in [-0.39, 0.29) is 18.6 Å². The van der Waals surface area contributed by atoms with Gasteiger partial charge in [-0.3, -0.25) is 4.79 Å². The fourth-order valence-corrected chi connectivity index (χ4v) is 4.13. The maximum Gasteiger partial charge on any atom is 0.339 e. The average molecular weight is 380 g/mol. The third-order valence-electron chi connectivity index (χ3n) is 4.76. The van der Waals surface area contributed by atoms with Crippen LogP contribution in [0.15, 0.2) is 47.8 Å². The molecule has 5 nitrogen and oxygen atoms in total. The lowest BCUT2D eigenvalue weighted by atomic mass is 10.1. The largest absolute Gasteiger partial charge is 0.452 e. The Kier molecular flexibility index (Phi) is 5.16. The van der Waals surface area contributed by atoms with Crippen LogP contribution in [0.5, 0.6) is 0 Å². The van der Waals surface area contributed by atoms with Gasteiger partial charge in [-0.1, -0.05) is 37.1 Å². The summed E-state index contributed by atoms with van der Waals surface area (Å²) >= 11 is 1.56. The van der Waals surface area contributed by atoms with Crippen molar-refractivity contribution in [2.45, 2.75) is 31.7 Å². The van der Waals surface area contributed by atoms with Crippen molar-refractivity contribution in [1.82, 2.24) is 10.3 Å². The Balaban J connectivity index is 1.54. The molecule has 3 aromatic rings. The Labute approximate surface area is 161 Å². The molecule has 27 heavy (non-hydrogen) atoms. The average Bonchev–Trinajstić information content (AvgIpc) is 3.39. The van der Waals surface area contributed by atoms with Crippen molar-refractivity contribution in [3.05, 3.63) is 53.4 Å². The molecule has 6 heteroatoms. The molecule has 1 aromatic carbocycles. The summed E-state index contributed by atoms with van der Waals surface area (Å²) in [6, 6.07) is 13.3. The van der Waals surface area contributed by atoms with Crippen LogP contribution >= 0.6 is 11.3 Å². The molecular formula is C21H20N2O3S. The van der Waals surface area contributed by atoms with Gasteiger partial charge in [0.2, 0.25) is 0 Å². The topological polar surface area (TPSA) is 68.3 Å². The number of rotatable bonds is 5. The Bertz CT molecular complexity index is 963. The zero-order chi connectivity index (χ0) is 18.6. The number of ether oxygens (including phenoxy) is 1. The van der Waals surface area contributed by atoms with Crippen LogP contribution < -0.4 is 5.32 Å². The van der Waals surface area contributed by atoms with Gasteiger partial charge in [-0.15, -0.1) is 11.3 Å². The lowest BCUT2D eigenvalue weighted by molar-refractivity contribution is -0.124. The van der Waals surface area contributed by atoms with Crippen LogP contribution in [-0.4, -0.2) is 29.5 Å². The van der Waals surface area contributed by atoms with Crippen LogP contribution in [0, 0.1) is 0 Å². The number of aromatic nitrogens is 1. The molecule has 0 saturated heterocycles. The Morgan fingerprint density at radius 2 is 1.96 bits per heavy atom. The van der Waals surface area contributed by atoms with Crippen LogP contribution in [0.3, 0.4) is 0 Å². The highest BCUT2D eigenvalue weighted by molar-refractivity contribution is 7.13. The monoisotopic (exact) mass is 380 g/mol. The number of amides is 1. The Morgan fingerprint density at radius 1 is 1.15 bits per heavy atom. The second-order valence-corrected chi connectivity index (χ2v) is 7.62. The number of benzene rings is 1. The number of carbonyl (C=O) groups is 2. The zero-order valence-corrected chi connectivity index (χ0v) is 15.6. The number of pyridine rings is 1. The van der Waals surface area contributed by atoms with E-state index >= 15 is 0 Å². The number of esters is 1. The summed E-state index contributed by atoms with van der Waals surface area (Å²) in [5.74, 6) is -0.750. The van der Waals surface area contributed by atoms with Gasteiger partial charge in [0.05, 0.1) is 21.7 Å². The van der Waals surface area contributed by atoms with Gasteiger partial charge in [-0.2, -0.15) is 0 Å². The highest BCUT2D eigenvalue weighted by atomic mass is 32.1. The Hall–Kier alpha value is -2.73. The van der Waals surface area contributed by atoms with Gasteiger partial charge in [0.1, 0.15) is 0 Å². The van der Waals surface area contributed by atoms with Crippen LogP contribution in [0.1, 0.15) is 36.0 Å². The summed E-state index contributed by atoms with van der Waals surface area (Å²) in [6.45, 7) is -0.264. The summed E-state index contributed by atoms with van der Waals surface area (Å²) < 4.78 is 5.31. The third kappa shape index (κ3) is 4.01. The molecule has 0 spiro atoms. The van der Waals surface area contributed by atoms with E-state index < -0.39 is 5.97 Å². The van der Waals surface area contributed by atoms with Gasteiger partial charge in [0, 0.05) is 11.4 Å². The number of carbonyl (C=O) groups excluding carboxylic acids is 2. The fraction of sp³-hybridized carbons (Fsp3) is 0.286. The van der Waals surface area contributed by atoms with Gasteiger partial charge in [0.15, 0.2) is 6.61 Å². The maximum atomic E-state index is 12.7. The van der Waals surface area contributed by atoms with E-state index in [0.717, 1.165) is 47.2 Å². The number of hydrogen-bond donors (Lipinski definition) is 1. The van der Waals surface area contributed by atoms with E-state index in [1.165, 1.54) is 0 Å². The molecule has 1 fully saturated rings. The van der Waals surface area contributed by atoms with Crippen molar-refractivity contribution >= 4 is 34.1 Å². The Morgan fingerprint density at radius 3 is 2.74 bits per heavy atom. The van der Waals surface area contributed by atoms with Crippen molar-refractivity contribution in [2.24, 2.45) is 0 Å². The fourth-order valence-electron chi connectivity index (χ4n) is 3.44. The quantitative estimate of drug-likeness (QED) is 0.674. The summed E-state index contributed by atoms with van der Waals surface area (Å²) in [7, 11) is 0. The summed E-state index contributed by atoms with van der Waals surface area (Å²) in [6.07, 6.45) is 4.27. The van der Waals surface area contributed by atoms with Gasteiger partial charge in [-0.05, 0) is 36.4 Å². The van der Waals surface area contributed by atoms with Gasteiger partial charge in [-0.25, -0.2) is 9.78 Å². The highest BCUT2D eigenvalue weighted by Crippen LogP contribution is 2.28. The molecule has 2 heterocycles. The number of para-hydroxylation sites is 1. The molecule has 0 bridgehead atoms. The van der Waals surface area contributed by atoms with Crippen molar-refractivity contribution in [3.8, 4) is 10.6 Å². The molecule has 1 aliphatic carbocycles. The first-order valence-corrected chi connectivity index (χ1v) is 9.99. The summed E-state index contributed by atoms with van der Waals surface area (Å²) in [5, 5.41) is 5.62. The van der Waals surface area contributed by atoms with E-state index in [4.69, 9.17) is 4.74 Å². The number of hydrogen-bond acceptors (Lipinski definition) is 5. The predicted octanol–water partition coefficient (Wildman–Crippen LogP) is 4.18. The molecule has 0 unspecified atom stereocenters. The van der Waals surface area contributed by atoms with Crippen LogP contribution in [0.4, 0.5) is 0 Å². The van der Waals surface area contributed by atoms with E-state index in [1.54, 1.807) is 17.4 Å². The van der Waals surface area contributed by atoms with E-state index in [9.17, 15) is 9.59 Å². The third-order valence-corrected chi connectivity index (χ3v) is 5.66. The molecule has 2 aromatic heterocycles. The minimum atomic E-state index is -0.507. The SMILES string of the molecule is O=C(COC(=O)c1cc(-c2cccs2)nc2ccccc12)NC1CCCC1. The first kappa shape index (κ1) is 17.7. The van der Waals surface area contributed by atoms with Gasteiger partial charge < -0.3 is 10.1 Å². The van der Waals surface area contributed by atoms with E-state index in [0.29, 0.717) is 5.56 Å². The molecule has 0 radical (unpaired) electrons. The van der Waals surface area contributed by atoms with Crippen molar-refractivity contribution in [3.63, 3.8) is 0 Å². The zero-order valence-electron chi connectivity index (χ0n) is 14.8. The lowest BCUT2D eigenvalue weighted by Gasteiger charge is -2.13. The van der Waals surface area contributed by atoms with E-state index in [1.807, 2.05) is 41.8 Å². The van der Waals surface area contributed by atoms with Gasteiger partial charge in [0.25, 0.3) is 5.91 Å². The van der Waals surface area contributed by atoms with Crippen LogP contribution in [0.2, 0.25) is 0 Å². The molecule has 138 valence electrons. The molecule has 1 aliphatic rings. The molecule has 1 N–H and O–H groups in total. The van der Waals surface area contributed by atoms with Crippen LogP contribution in [-0.2, 0) is 9.53 Å². The van der Waals surface area contributed by atoms with Crippen LogP contribution in [0.25, 0.3) is 21.5 Å². The number of nitrogens with one attached hydrogen (secondary N) is 1. The van der Waals surface area contributed by atoms with Crippen molar-refractivity contribution in [2.75, 3.05) is 6.61 Å². The maximum absolute atomic E-state index is 12.7. The molecule has 1 saturated carbocycles. The first-order valence-electron chi connectivity index (χ1n) is 9.11. The second-order valence-electron chi connectivity index (χ2n) is 6.67. The molecular weight excluding hydrogens is 360 g/mol. The van der Waals surface area contributed by atoms with E-state index in [2.05, 4.69) is 10.3 Å². The number of nitrogens with zero attached hydrogens (tertiary/aromatic N) is 1. The molecule has 1 amide bonds. The standard InChI is InChI=1S/C21H20N2O3S/c24-20(22-14-6-1-2-7-14)13-26-21(25)16-12-18(19-10-5-11-27-19)23-17-9-4-3-8-15(16)17/h3-5,8-12,14H,1-2,6-7,13H2,(H,22,24).